The van der Waals surface area contributed by atoms with E-state index in [-0.39, 0.29) is 18.8 Å². The van der Waals surface area contributed by atoms with E-state index in [1.54, 1.807) is 7.11 Å². The Morgan fingerprint density at radius 1 is 1.25 bits per heavy atom. The van der Waals surface area contributed by atoms with Crippen molar-refractivity contribution in [2.24, 2.45) is 0 Å². The summed E-state index contributed by atoms with van der Waals surface area (Å²) in [5.41, 5.74) is 3.35. The highest BCUT2D eigenvalue weighted by Gasteiger charge is 2.32. The molecule has 4 rings (SSSR count). The van der Waals surface area contributed by atoms with Crippen LogP contribution in [0.5, 0.6) is 5.75 Å². The number of hydrogen-bond acceptors (Lipinski definition) is 5. The van der Waals surface area contributed by atoms with Crippen LogP contribution >= 0.6 is 23.4 Å². The van der Waals surface area contributed by atoms with E-state index in [4.69, 9.17) is 21.1 Å². The molecular formula is C22H25ClO4S. The third-order valence-electron chi connectivity index (χ3n) is 5.49. The topological polar surface area (TPSA) is 58.9 Å². The number of methoxy groups -OCH3 is 1. The van der Waals surface area contributed by atoms with E-state index in [0.29, 0.717) is 28.9 Å². The van der Waals surface area contributed by atoms with Crippen LogP contribution in [0.2, 0.25) is 5.02 Å². The first-order valence-corrected chi connectivity index (χ1v) is 10.9. The van der Waals surface area contributed by atoms with Crippen molar-refractivity contribution in [3.05, 3.63) is 58.1 Å². The number of fused-ring (bicyclic) bond motifs is 1. The quantitative estimate of drug-likeness (QED) is 0.759. The molecule has 0 aromatic heterocycles. The van der Waals surface area contributed by atoms with Crippen molar-refractivity contribution < 1.29 is 19.7 Å². The first kappa shape index (κ1) is 20.0. The summed E-state index contributed by atoms with van der Waals surface area (Å²) >= 11 is 8.48. The van der Waals surface area contributed by atoms with E-state index in [0.717, 1.165) is 24.0 Å². The van der Waals surface area contributed by atoms with Crippen molar-refractivity contribution in [1.29, 1.82) is 0 Å². The molecule has 2 aromatic carbocycles. The molecule has 2 N–H and O–H groups in total. The third kappa shape index (κ3) is 4.19. The van der Waals surface area contributed by atoms with Gasteiger partial charge in [-0.1, -0.05) is 29.8 Å². The number of thioether (sulfide) groups is 1. The average Bonchev–Trinajstić information content (AvgIpc) is 3.11. The summed E-state index contributed by atoms with van der Waals surface area (Å²) in [7, 11) is 1.61. The number of aliphatic hydroxyl groups is 2. The second kappa shape index (κ2) is 8.64. The molecular weight excluding hydrogens is 396 g/mol. The van der Waals surface area contributed by atoms with Gasteiger partial charge in [-0.2, -0.15) is 0 Å². The lowest BCUT2D eigenvalue weighted by Gasteiger charge is -2.33. The van der Waals surface area contributed by atoms with Gasteiger partial charge in [-0.3, -0.25) is 0 Å². The Morgan fingerprint density at radius 3 is 2.82 bits per heavy atom. The van der Waals surface area contributed by atoms with Crippen molar-refractivity contribution >= 4 is 23.4 Å². The van der Waals surface area contributed by atoms with Gasteiger partial charge in [0.05, 0.1) is 32.0 Å². The van der Waals surface area contributed by atoms with Gasteiger partial charge in [0.25, 0.3) is 0 Å². The average molecular weight is 421 g/mol. The van der Waals surface area contributed by atoms with Crippen LogP contribution in [0.25, 0.3) is 0 Å². The standard InChI is InChI=1S/C22H25ClO4S/c1-26-20-11-19(23)14(7-17-6-13-4-2-3-5-22(13)28-17)8-18(20)21-10-15(25)9-16(12-24)27-21/h2-5,8,11,15-17,21,24-25H,6-7,9-10,12H2,1H3/t15-,16?,17?,21?/m0/s1. The molecule has 28 heavy (non-hydrogen) atoms. The molecule has 4 nitrogen and oxygen atoms in total. The summed E-state index contributed by atoms with van der Waals surface area (Å²) in [6.45, 7) is -0.104. The Kier molecular flexibility index (Phi) is 6.18. The highest BCUT2D eigenvalue weighted by Crippen LogP contribution is 2.42. The molecule has 0 spiro atoms. The monoisotopic (exact) mass is 420 g/mol. The lowest BCUT2D eigenvalue weighted by molar-refractivity contribution is -0.114. The molecule has 0 radical (unpaired) electrons. The summed E-state index contributed by atoms with van der Waals surface area (Å²) in [6.07, 6.45) is 1.64. The van der Waals surface area contributed by atoms with Gasteiger partial charge in [0.1, 0.15) is 5.75 Å². The number of aliphatic hydroxyl groups excluding tert-OH is 2. The zero-order valence-corrected chi connectivity index (χ0v) is 17.4. The van der Waals surface area contributed by atoms with Crippen molar-refractivity contribution in [2.45, 2.75) is 54.1 Å². The molecule has 2 aliphatic heterocycles. The van der Waals surface area contributed by atoms with Crippen molar-refractivity contribution in [1.82, 2.24) is 0 Å². The molecule has 1 saturated heterocycles. The summed E-state index contributed by atoms with van der Waals surface area (Å²) < 4.78 is 11.6. The zero-order valence-electron chi connectivity index (χ0n) is 15.8. The molecule has 2 aliphatic rings. The lowest BCUT2D eigenvalue weighted by Crippen LogP contribution is -2.33. The molecule has 4 atom stereocenters. The van der Waals surface area contributed by atoms with Gasteiger partial charge in [0.15, 0.2) is 0 Å². The second-order valence-corrected chi connectivity index (χ2v) is 9.25. The summed E-state index contributed by atoms with van der Waals surface area (Å²) in [6, 6.07) is 12.4. The highest BCUT2D eigenvalue weighted by atomic mass is 35.5. The fraction of sp³-hybridized carbons (Fsp3) is 0.455. The number of rotatable bonds is 5. The maximum absolute atomic E-state index is 10.2. The van der Waals surface area contributed by atoms with Crippen LogP contribution < -0.4 is 4.74 Å². The van der Waals surface area contributed by atoms with Crippen LogP contribution in [0.1, 0.15) is 35.6 Å². The molecule has 0 saturated carbocycles. The van der Waals surface area contributed by atoms with Crippen LogP contribution in [0.15, 0.2) is 41.3 Å². The first-order chi connectivity index (χ1) is 13.6. The molecule has 150 valence electrons. The number of benzene rings is 2. The van der Waals surface area contributed by atoms with Gasteiger partial charge in [-0.25, -0.2) is 0 Å². The Balaban J connectivity index is 1.58. The largest absolute Gasteiger partial charge is 0.496 e. The van der Waals surface area contributed by atoms with E-state index in [1.807, 2.05) is 17.8 Å². The molecule has 2 heterocycles. The van der Waals surface area contributed by atoms with Crippen molar-refractivity contribution in [3.63, 3.8) is 0 Å². The maximum atomic E-state index is 10.2. The Bertz CT molecular complexity index is 818. The molecule has 0 bridgehead atoms. The van der Waals surface area contributed by atoms with Crippen molar-refractivity contribution in [3.8, 4) is 5.75 Å². The van der Waals surface area contributed by atoms with Crippen LogP contribution in [0, 0.1) is 0 Å². The Morgan fingerprint density at radius 2 is 2.07 bits per heavy atom. The van der Waals surface area contributed by atoms with Gasteiger partial charge in [-0.15, -0.1) is 11.8 Å². The summed E-state index contributed by atoms with van der Waals surface area (Å²) in [5.74, 6) is 0.659. The molecule has 2 aromatic rings. The van der Waals surface area contributed by atoms with Gasteiger partial charge < -0.3 is 19.7 Å². The van der Waals surface area contributed by atoms with Crippen LogP contribution in [0.4, 0.5) is 0 Å². The fourth-order valence-electron chi connectivity index (χ4n) is 4.12. The molecule has 1 fully saturated rings. The van der Waals surface area contributed by atoms with E-state index >= 15 is 0 Å². The minimum atomic E-state index is -0.500. The third-order valence-corrected chi connectivity index (χ3v) is 7.16. The minimum absolute atomic E-state index is 0.104. The molecule has 6 heteroatoms. The SMILES string of the molecule is COc1cc(Cl)c(CC2Cc3ccccc3S2)cc1C1C[C@@H](O)CC(CO)O1. The van der Waals surface area contributed by atoms with E-state index in [2.05, 4.69) is 30.3 Å². The van der Waals surface area contributed by atoms with E-state index < -0.39 is 6.10 Å². The second-order valence-electron chi connectivity index (χ2n) is 7.50. The van der Waals surface area contributed by atoms with E-state index in [1.165, 1.54) is 10.5 Å². The van der Waals surface area contributed by atoms with E-state index in [9.17, 15) is 10.2 Å². The molecule has 0 amide bonds. The van der Waals surface area contributed by atoms with Gasteiger partial charge in [0.2, 0.25) is 0 Å². The van der Waals surface area contributed by atoms with Crippen LogP contribution in [-0.2, 0) is 17.6 Å². The lowest BCUT2D eigenvalue weighted by atomic mass is 9.93. The normalized spacial score (nSPS) is 26.9. The summed E-state index contributed by atoms with van der Waals surface area (Å²) in [4.78, 5) is 1.35. The number of halogens is 1. The van der Waals surface area contributed by atoms with Gasteiger partial charge >= 0.3 is 0 Å². The Labute approximate surface area is 174 Å². The molecule has 3 unspecified atom stereocenters. The zero-order chi connectivity index (χ0) is 19.7. The highest BCUT2D eigenvalue weighted by molar-refractivity contribution is 8.00. The van der Waals surface area contributed by atoms with Crippen LogP contribution in [-0.4, -0.2) is 41.4 Å². The first-order valence-electron chi connectivity index (χ1n) is 9.62. The molecule has 0 aliphatic carbocycles. The fourth-order valence-corrected chi connectivity index (χ4v) is 5.70. The number of ether oxygens (including phenoxy) is 2. The van der Waals surface area contributed by atoms with Gasteiger partial charge in [0, 0.05) is 33.6 Å². The minimum Gasteiger partial charge on any atom is -0.496 e. The predicted molar refractivity (Wildman–Crippen MR) is 111 cm³/mol. The van der Waals surface area contributed by atoms with Crippen molar-refractivity contribution in [2.75, 3.05) is 13.7 Å². The van der Waals surface area contributed by atoms with Crippen LogP contribution in [0.3, 0.4) is 0 Å². The number of hydrogen-bond donors (Lipinski definition) is 2. The summed E-state index contributed by atoms with van der Waals surface area (Å²) in [5, 5.41) is 20.8. The van der Waals surface area contributed by atoms with Gasteiger partial charge in [-0.05, 0) is 42.2 Å². The predicted octanol–water partition coefficient (Wildman–Crippen LogP) is 4.18. The Hall–Kier alpha value is -1.24. The maximum Gasteiger partial charge on any atom is 0.126 e. The smallest absolute Gasteiger partial charge is 0.126 e.